The Morgan fingerprint density at radius 2 is 1.27 bits per heavy atom. The molecule has 0 atom stereocenters. The van der Waals surface area contributed by atoms with Crippen molar-refractivity contribution in [3.05, 3.63) is 0 Å². The van der Waals surface area contributed by atoms with Crippen LogP contribution in [0.1, 0.15) is 90.9 Å². The second kappa shape index (κ2) is 14.5. The predicted octanol–water partition coefficient (Wildman–Crippen LogP) is 5.66. The molecule has 0 N–H and O–H groups in total. The van der Waals surface area contributed by atoms with Crippen LogP contribution >= 0.6 is 0 Å². The van der Waals surface area contributed by atoms with Gasteiger partial charge >= 0.3 is 0 Å². The number of nitrogens with zero attached hydrogens (tertiary/aromatic N) is 1. The summed E-state index contributed by atoms with van der Waals surface area (Å²) >= 11 is 0. The van der Waals surface area contributed by atoms with Crippen LogP contribution in [-0.4, -0.2) is 37.7 Å². The van der Waals surface area contributed by atoms with Gasteiger partial charge in [0.1, 0.15) is 0 Å². The van der Waals surface area contributed by atoms with Crippen LogP contribution in [0.5, 0.6) is 0 Å². The molecule has 1 rings (SSSR count). The number of morpholine rings is 1. The van der Waals surface area contributed by atoms with Gasteiger partial charge in [-0.15, -0.1) is 0 Å². The van der Waals surface area contributed by atoms with Crippen molar-refractivity contribution in [2.75, 3.05) is 32.8 Å². The molecule has 0 amide bonds. The molecule has 1 fully saturated rings. The lowest BCUT2D eigenvalue weighted by Crippen LogP contribution is -2.36. The monoisotopic (exact) mass is 311 g/mol. The molecule has 1 saturated heterocycles. The molecule has 132 valence electrons. The van der Waals surface area contributed by atoms with Gasteiger partial charge in [0.25, 0.3) is 0 Å². The van der Waals surface area contributed by atoms with Crippen LogP contribution in [0.3, 0.4) is 0 Å². The summed E-state index contributed by atoms with van der Waals surface area (Å²) in [5, 5.41) is 0. The zero-order chi connectivity index (χ0) is 15.9. The summed E-state index contributed by atoms with van der Waals surface area (Å²) in [5.41, 5.74) is 0. The van der Waals surface area contributed by atoms with Crippen molar-refractivity contribution in [1.29, 1.82) is 0 Å². The Morgan fingerprint density at radius 1 is 0.727 bits per heavy atom. The average molecular weight is 312 g/mol. The summed E-state index contributed by atoms with van der Waals surface area (Å²) in [6.07, 6.45) is 17.2. The van der Waals surface area contributed by atoms with Crippen molar-refractivity contribution in [1.82, 2.24) is 4.90 Å². The molecular weight excluding hydrogens is 270 g/mol. The van der Waals surface area contributed by atoms with E-state index in [1.807, 2.05) is 0 Å². The Morgan fingerprint density at radius 3 is 1.82 bits per heavy atom. The van der Waals surface area contributed by atoms with E-state index in [0.29, 0.717) is 0 Å². The quantitative estimate of drug-likeness (QED) is 0.384. The molecule has 0 unspecified atom stereocenters. The smallest absolute Gasteiger partial charge is 0.0594 e. The van der Waals surface area contributed by atoms with Gasteiger partial charge in [0.15, 0.2) is 0 Å². The molecule has 22 heavy (non-hydrogen) atoms. The molecule has 0 aliphatic carbocycles. The van der Waals surface area contributed by atoms with E-state index in [0.717, 1.165) is 32.2 Å². The molecule has 0 bridgehead atoms. The maximum atomic E-state index is 5.44. The summed E-state index contributed by atoms with van der Waals surface area (Å²) < 4.78 is 5.44. The Kier molecular flexibility index (Phi) is 13.2. The van der Waals surface area contributed by atoms with Crippen LogP contribution in [-0.2, 0) is 4.74 Å². The van der Waals surface area contributed by atoms with E-state index in [9.17, 15) is 0 Å². The van der Waals surface area contributed by atoms with E-state index >= 15 is 0 Å². The highest BCUT2D eigenvalue weighted by Gasteiger charge is 2.12. The number of unbranched alkanes of at least 4 members (excludes halogenated alkanes) is 6. The Bertz CT molecular complexity index is 214. The van der Waals surface area contributed by atoms with Crippen molar-refractivity contribution in [3.63, 3.8) is 0 Å². The van der Waals surface area contributed by atoms with Gasteiger partial charge in [-0.3, -0.25) is 4.90 Å². The van der Waals surface area contributed by atoms with Crippen LogP contribution in [0, 0.1) is 5.92 Å². The standard InChI is InChI=1S/C20H41NO/c1-3-5-7-9-12-20(13-10-8-6-4-2)14-11-15-21-16-18-22-19-17-21/h20H,3-19H2,1-2H3. The molecule has 0 spiro atoms. The summed E-state index contributed by atoms with van der Waals surface area (Å²) in [6, 6.07) is 0. The predicted molar refractivity (Wildman–Crippen MR) is 97.5 cm³/mol. The van der Waals surface area contributed by atoms with E-state index < -0.39 is 0 Å². The molecule has 2 nitrogen and oxygen atoms in total. The van der Waals surface area contributed by atoms with Crippen LogP contribution in [0.15, 0.2) is 0 Å². The molecule has 1 aliphatic rings. The average Bonchev–Trinajstić information content (AvgIpc) is 2.56. The maximum absolute atomic E-state index is 5.44. The SMILES string of the molecule is CCCCCCC(CCCCCC)CCCN1CCOCC1. The summed E-state index contributed by atoms with van der Waals surface area (Å²) in [7, 11) is 0. The van der Waals surface area contributed by atoms with Crippen molar-refractivity contribution in [3.8, 4) is 0 Å². The molecular formula is C20H41NO. The minimum absolute atomic E-state index is 0.942. The van der Waals surface area contributed by atoms with E-state index in [2.05, 4.69) is 18.7 Å². The minimum atomic E-state index is 0.942. The fraction of sp³-hybridized carbons (Fsp3) is 1.00. The van der Waals surface area contributed by atoms with Gasteiger partial charge in [-0.2, -0.15) is 0 Å². The van der Waals surface area contributed by atoms with E-state index in [1.165, 1.54) is 83.6 Å². The molecule has 0 aromatic rings. The van der Waals surface area contributed by atoms with Crippen LogP contribution in [0.25, 0.3) is 0 Å². The van der Waals surface area contributed by atoms with E-state index in [1.54, 1.807) is 0 Å². The van der Waals surface area contributed by atoms with Crippen molar-refractivity contribution in [2.24, 2.45) is 5.92 Å². The van der Waals surface area contributed by atoms with Gasteiger partial charge in [-0.25, -0.2) is 0 Å². The number of hydrogen-bond acceptors (Lipinski definition) is 2. The number of hydrogen-bond donors (Lipinski definition) is 0. The molecule has 0 radical (unpaired) electrons. The Hall–Kier alpha value is -0.0800. The first kappa shape index (κ1) is 20.0. The third-order valence-electron chi connectivity index (χ3n) is 5.12. The first-order valence-electron chi connectivity index (χ1n) is 10.2. The lowest BCUT2D eigenvalue weighted by molar-refractivity contribution is 0.0365. The molecule has 1 heterocycles. The fourth-order valence-corrected chi connectivity index (χ4v) is 3.58. The Balaban J connectivity index is 2.13. The second-order valence-electron chi connectivity index (χ2n) is 7.16. The van der Waals surface area contributed by atoms with Gasteiger partial charge in [0.2, 0.25) is 0 Å². The molecule has 1 aliphatic heterocycles. The third-order valence-corrected chi connectivity index (χ3v) is 5.12. The lowest BCUT2D eigenvalue weighted by atomic mass is 9.90. The van der Waals surface area contributed by atoms with Gasteiger partial charge in [-0.05, 0) is 25.3 Å². The highest BCUT2D eigenvalue weighted by molar-refractivity contribution is 4.66. The zero-order valence-electron chi connectivity index (χ0n) is 15.5. The minimum Gasteiger partial charge on any atom is -0.379 e. The first-order valence-corrected chi connectivity index (χ1v) is 10.2. The maximum Gasteiger partial charge on any atom is 0.0594 e. The second-order valence-corrected chi connectivity index (χ2v) is 7.16. The van der Waals surface area contributed by atoms with Crippen LogP contribution in [0.4, 0.5) is 0 Å². The molecule has 0 aromatic heterocycles. The van der Waals surface area contributed by atoms with Crippen molar-refractivity contribution < 1.29 is 4.74 Å². The largest absolute Gasteiger partial charge is 0.379 e. The summed E-state index contributed by atoms with van der Waals surface area (Å²) in [5.74, 6) is 0.995. The topological polar surface area (TPSA) is 12.5 Å². The van der Waals surface area contributed by atoms with Crippen LogP contribution in [0.2, 0.25) is 0 Å². The fourth-order valence-electron chi connectivity index (χ4n) is 3.58. The normalized spacial score (nSPS) is 16.5. The first-order chi connectivity index (χ1) is 10.9. The van der Waals surface area contributed by atoms with Crippen molar-refractivity contribution >= 4 is 0 Å². The van der Waals surface area contributed by atoms with Gasteiger partial charge in [0.05, 0.1) is 13.2 Å². The summed E-state index contributed by atoms with van der Waals surface area (Å²) in [4.78, 5) is 2.59. The molecule has 0 aromatic carbocycles. The van der Waals surface area contributed by atoms with Gasteiger partial charge < -0.3 is 4.74 Å². The third kappa shape index (κ3) is 10.6. The van der Waals surface area contributed by atoms with Gasteiger partial charge in [0, 0.05) is 13.1 Å². The molecule has 0 saturated carbocycles. The zero-order valence-corrected chi connectivity index (χ0v) is 15.5. The van der Waals surface area contributed by atoms with Crippen molar-refractivity contribution in [2.45, 2.75) is 90.9 Å². The van der Waals surface area contributed by atoms with E-state index in [4.69, 9.17) is 4.74 Å². The molecule has 2 heteroatoms. The summed E-state index contributed by atoms with van der Waals surface area (Å²) in [6.45, 7) is 10.1. The lowest BCUT2D eigenvalue weighted by Gasteiger charge is -2.27. The van der Waals surface area contributed by atoms with Gasteiger partial charge in [-0.1, -0.05) is 78.1 Å². The highest BCUT2D eigenvalue weighted by Crippen LogP contribution is 2.23. The highest BCUT2D eigenvalue weighted by atomic mass is 16.5. The van der Waals surface area contributed by atoms with E-state index in [-0.39, 0.29) is 0 Å². The number of rotatable bonds is 14. The number of ether oxygens (including phenoxy) is 1. The van der Waals surface area contributed by atoms with Crippen LogP contribution < -0.4 is 0 Å². The Labute approximate surface area is 140 Å².